The molecular weight excluding hydrogens is 164 g/mol. The molecule has 0 atom stereocenters. The molecule has 0 aliphatic carbocycles. The summed E-state index contributed by atoms with van der Waals surface area (Å²) >= 11 is 0. The van der Waals surface area contributed by atoms with Crippen molar-refractivity contribution in [2.45, 2.75) is 13.8 Å². The fraction of sp³-hybridized carbons (Fsp3) is 0.333. The summed E-state index contributed by atoms with van der Waals surface area (Å²) in [5.74, 6) is 0.800. The molecule has 0 amide bonds. The van der Waals surface area contributed by atoms with E-state index in [0.717, 1.165) is 23.7 Å². The summed E-state index contributed by atoms with van der Waals surface area (Å²) in [5.41, 5.74) is 1.96. The van der Waals surface area contributed by atoms with Crippen LogP contribution in [-0.2, 0) is 0 Å². The summed E-state index contributed by atoms with van der Waals surface area (Å²) in [4.78, 5) is 4.24. The Balaban J connectivity index is 2.48. The van der Waals surface area contributed by atoms with Crippen LogP contribution in [0.4, 0.5) is 5.69 Å². The fourth-order valence-corrected chi connectivity index (χ4v) is 1.30. The van der Waals surface area contributed by atoms with Crippen molar-refractivity contribution in [2.24, 2.45) is 0 Å². The van der Waals surface area contributed by atoms with Gasteiger partial charge in [0.2, 0.25) is 0 Å². The Hall–Kier alpha value is -1.58. The molecular formula is C9H12N4. The molecule has 0 radical (unpaired) electrons. The van der Waals surface area contributed by atoms with Crippen molar-refractivity contribution in [1.82, 2.24) is 14.6 Å². The van der Waals surface area contributed by atoms with Gasteiger partial charge in [0.15, 0.2) is 5.65 Å². The molecule has 0 bridgehead atoms. The summed E-state index contributed by atoms with van der Waals surface area (Å²) in [6.45, 7) is 4.87. The standard InChI is InChI=1S/C9H12N4/c1-3-10-8-4-5-9-11-7(2)12-13(9)6-8/h4-6,10H,3H2,1-2H3. The monoisotopic (exact) mass is 176 g/mol. The first-order valence-electron chi connectivity index (χ1n) is 4.36. The van der Waals surface area contributed by atoms with Gasteiger partial charge >= 0.3 is 0 Å². The smallest absolute Gasteiger partial charge is 0.155 e. The molecule has 2 aromatic heterocycles. The van der Waals surface area contributed by atoms with E-state index in [9.17, 15) is 0 Å². The third kappa shape index (κ3) is 1.47. The SMILES string of the molecule is CCNc1ccc2nc(C)nn2c1. The van der Waals surface area contributed by atoms with Crippen molar-refractivity contribution in [2.75, 3.05) is 11.9 Å². The minimum atomic E-state index is 0.800. The first-order valence-corrected chi connectivity index (χ1v) is 4.36. The molecule has 0 aliphatic rings. The van der Waals surface area contributed by atoms with Gasteiger partial charge in [0, 0.05) is 6.54 Å². The van der Waals surface area contributed by atoms with Crippen molar-refractivity contribution in [3.63, 3.8) is 0 Å². The Bertz CT molecular complexity index is 418. The van der Waals surface area contributed by atoms with Crippen molar-refractivity contribution < 1.29 is 0 Å². The van der Waals surface area contributed by atoms with E-state index in [1.807, 2.05) is 25.3 Å². The largest absolute Gasteiger partial charge is 0.384 e. The number of aryl methyl sites for hydroxylation is 1. The van der Waals surface area contributed by atoms with Gasteiger partial charge in [-0.05, 0) is 26.0 Å². The van der Waals surface area contributed by atoms with E-state index in [0.29, 0.717) is 0 Å². The molecule has 0 aromatic carbocycles. The molecule has 0 saturated carbocycles. The van der Waals surface area contributed by atoms with Crippen LogP contribution in [0.15, 0.2) is 18.3 Å². The zero-order valence-electron chi connectivity index (χ0n) is 7.78. The lowest BCUT2D eigenvalue weighted by molar-refractivity contribution is 0.929. The lowest BCUT2D eigenvalue weighted by Crippen LogP contribution is -1.98. The Kier molecular flexibility index (Phi) is 1.88. The maximum atomic E-state index is 4.24. The van der Waals surface area contributed by atoms with Gasteiger partial charge in [-0.2, -0.15) is 5.10 Å². The van der Waals surface area contributed by atoms with Crippen molar-refractivity contribution in [3.05, 3.63) is 24.2 Å². The van der Waals surface area contributed by atoms with Crippen molar-refractivity contribution in [3.8, 4) is 0 Å². The second kappa shape index (κ2) is 3.05. The van der Waals surface area contributed by atoms with Crippen LogP contribution >= 0.6 is 0 Å². The van der Waals surface area contributed by atoms with Crippen molar-refractivity contribution >= 4 is 11.3 Å². The van der Waals surface area contributed by atoms with Crippen LogP contribution in [0.3, 0.4) is 0 Å². The minimum Gasteiger partial charge on any atom is -0.384 e. The fourth-order valence-electron chi connectivity index (χ4n) is 1.30. The summed E-state index contributed by atoms with van der Waals surface area (Å²) in [5, 5.41) is 7.44. The second-order valence-corrected chi connectivity index (χ2v) is 2.91. The molecule has 2 aromatic rings. The highest BCUT2D eigenvalue weighted by molar-refractivity contribution is 5.49. The average molecular weight is 176 g/mol. The van der Waals surface area contributed by atoms with Gasteiger partial charge in [-0.1, -0.05) is 0 Å². The normalized spacial score (nSPS) is 10.6. The molecule has 0 spiro atoms. The maximum absolute atomic E-state index is 4.24. The second-order valence-electron chi connectivity index (χ2n) is 2.91. The molecule has 1 N–H and O–H groups in total. The van der Waals surface area contributed by atoms with Gasteiger partial charge < -0.3 is 5.32 Å². The Morgan fingerprint density at radius 1 is 1.46 bits per heavy atom. The maximum Gasteiger partial charge on any atom is 0.155 e. The van der Waals surface area contributed by atoms with Crippen LogP contribution < -0.4 is 5.32 Å². The summed E-state index contributed by atoms with van der Waals surface area (Å²) in [7, 11) is 0. The van der Waals surface area contributed by atoms with E-state index in [1.165, 1.54) is 0 Å². The number of nitrogens with one attached hydrogen (secondary N) is 1. The number of nitrogens with zero attached hydrogens (tertiary/aromatic N) is 3. The molecule has 0 unspecified atom stereocenters. The number of rotatable bonds is 2. The number of pyridine rings is 1. The zero-order valence-corrected chi connectivity index (χ0v) is 7.78. The highest BCUT2D eigenvalue weighted by atomic mass is 15.3. The Morgan fingerprint density at radius 2 is 2.31 bits per heavy atom. The molecule has 68 valence electrons. The quantitative estimate of drug-likeness (QED) is 0.753. The van der Waals surface area contributed by atoms with Crippen LogP contribution in [-0.4, -0.2) is 21.1 Å². The van der Waals surface area contributed by atoms with E-state index in [1.54, 1.807) is 4.52 Å². The molecule has 2 rings (SSSR count). The minimum absolute atomic E-state index is 0.800. The lowest BCUT2D eigenvalue weighted by Gasteiger charge is -2.01. The van der Waals surface area contributed by atoms with E-state index in [-0.39, 0.29) is 0 Å². The van der Waals surface area contributed by atoms with Gasteiger partial charge in [-0.25, -0.2) is 9.50 Å². The number of anilines is 1. The van der Waals surface area contributed by atoms with Gasteiger partial charge in [0.25, 0.3) is 0 Å². The Labute approximate surface area is 76.6 Å². The number of fused-ring (bicyclic) bond motifs is 1. The van der Waals surface area contributed by atoms with E-state index in [2.05, 4.69) is 22.3 Å². The highest BCUT2D eigenvalue weighted by Crippen LogP contribution is 2.08. The molecule has 2 heterocycles. The summed E-state index contributed by atoms with van der Waals surface area (Å²) in [6, 6.07) is 3.96. The number of hydrogen-bond donors (Lipinski definition) is 1. The average Bonchev–Trinajstić information content (AvgIpc) is 2.44. The Morgan fingerprint density at radius 3 is 3.08 bits per heavy atom. The molecule has 0 aliphatic heterocycles. The molecule has 13 heavy (non-hydrogen) atoms. The predicted octanol–water partition coefficient (Wildman–Crippen LogP) is 1.47. The third-order valence-electron chi connectivity index (χ3n) is 1.82. The molecule has 0 fully saturated rings. The predicted molar refractivity (Wildman–Crippen MR) is 51.9 cm³/mol. The van der Waals surface area contributed by atoms with E-state index in [4.69, 9.17) is 0 Å². The molecule has 0 saturated heterocycles. The van der Waals surface area contributed by atoms with Crippen LogP contribution in [0.5, 0.6) is 0 Å². The topological polar surface area (TPSA) is 42.2 Å². The lowest BCUT2D eigenvalue weighted by atomic mass is 10.4. The van der Waals surface area contributed by atoms with E-state index < -0.39 is 0 Å². The van der Waals surface area contributed by atoms with Gasteiger partial charge in [0.05, 0.1) is 11.9 Å². The van der Waals surface area contributed by atoms with Gasteiger partial charge in [0.1, 0.15) is 5.82 Å². The van der Waals surface area contributed by atoms with Crippen LogP contribution in [0.25, 0.3) is 5.65 Å². The zero-order chi connectivity index (χ0) is 9.26. The third-order valence-corrected chi connectivity index (χ3v) is 1.82. The first-order chi connectivity index (χ1) is 6.29. The number of hydrogen-bond acceptors (Lipinski definition) is 3. The van der Waals surface area contributed by atoms with Gasteiger partial charge in [-0.15, -0.1) is 0 Å². The van der Waals surface area contributed by atoms with Crippen molar-refractivity contribution in [1.29, 1.82) is 0 Å². The van der Waals surface area contributed by atoms with Crippen LogP contribution in [0, 0.1) is 6.92 Å². The van der Waals surface area contributed by atoms with Crippen LogP contribution in [0.2, 0.25) is 0 Å². The highest BCUT2D eigenvalue weighted by Gasteiger charge is 1.98. The summed E-state index contributed by atoms with van der Waals surface area (Å²) < 4.78 is 1.79. The van der Waals surface area contributed by atoms with Crippen LogP contribution in [0.1, 0.15) is 12.7 Å². The van der Waals surface area contributed by atoms with Gasteiger partial charge in [-0.3, -0.25) is 0 Å². The summed E-state index contributed by atoms with van der Waals surface area (Å²) in [6.07, 6.45) is 1.94. The van der Waals surface area contributed by atoms with E-state index >= 15 is 0 Å². The number of aromatic nitrogens is 3. The first kappa shape index (κ1) is 8.04. The molecule has 4 nitrogen and oxygen atoms in total. The molecule has 4 heteroatoms.